The fourth-order valence-corrected chi connectivity index (χ4v) is 3.39. The van der Waals surface area contributed by atoms with Crippen LogP contribution in [0.3, 0.4) is 0 Å². The molecule has 0 atom stereocenters. The minimum absolute atomic E-state index is 0.0263. The van der Waals surface area contributed by atoms with Crippen LogP contribution in [-0.2, 0) is 17.9 Å². The molecule has 3 N–H and O–H groups in total. The lowest BCUT2D eigenvalue weighted by molar-refractivity contribution is -0.118. The van der Waals surface area contributed by atoms with Crippen molar-refractivity contribution in [1.82, 2.24) is 24.5 Å². The van der Waals surface area contributed by atoms with E-state index in [1.807, 2.05) is 6.07 Å². The number of nitrogens with zero attached hydrogens (tertiary/aromatic N) is 5. The molecule has 3 heterocycles. The molecule has 0 fully saturated rings. The number of amides is 1. The first-order valence-electron chi connectivity index (χ1n) is 9.56. The van der Waals surface area contributed by atoms with Crippen LogP contribution in [0.25, 0.3) is 22.4 Å². The minimum Gasteiger partial charge on any atom is -0.370 e. The van der Waals surface area contributed by atoms with Crippen molar-refractivity contribution in [2.75, 3.05) is 5.32 Å². The van der Waals surface area contributed by atoms with Gasteiger partial charge in [0.1, 0.15) is 11.2 Å². The third kappa shape index (κ3) is 4.68. The second-order valence-corrected chi connectivity index (χ2v) is 7.69. The highest BCUT2D eigenvalue weighted by molar-refractivity contribution is 6.42. The summed E-state index contributed by atoms with van der Waals surface area (Å²) in [4.78, 5) is 41.8. The topological polar surface area (TPSA) is 129 Å². The molecule has 0 radical (unpaired) electrons. The molecule has 9 nitrogen and oxygen atoms in total. The fourth-order valence-electron chi connectivity index (χ4n) is 3.07. The lowest BCUT2D eigenvalue weighted by atomic mass is 10.2. The van der Waals surface area contributed by atoms with Crippen LogP contribution in [0.15, 0.2) is 53.7 Å². The number of halogens is 2. The predicted molar refractivity (Wildman–Crippen MR) is 122 cm³/mol. The molecule has 0 aliphatic rings. The first kappa shape index (κ1) is 21.7. The Kier molecular flexibility index (Phi) is 6.29. The zero-order chi connectivity index (χ0) is 22.7. The Morgan fingerprint density at radius 1 is 1.12 bits per heavy atom. The summed E-state index contributed by atoms with van der Waals surface area (Å²) in [7, 11) is 0. The van der Waals surface area contributed by atoms with E-state index >= 15 is 0 Å². The van der Waals surface area contributed by atoms with Crippen LogP contribution < -0.4 is 16.6 Å². The summed E-state index contributed by atoms with van der Waals surface area (Å²) in [5.74, 6) is -0.247. The lowest BCUT2D eigenvalue weighted by Crippen LogP contribution is -2.27. The molecular weight excluding hydrogens is 453 g/mol. The van der Waals surface area contributed by atoms with E-state index in [1.54, 1.807) is 36.7 Å². The Balaban J connectivity index is 1.73. The zero-order valence-corrected chi connectivity index (χ0v) is 18.1. The second kappa shape index (κ2) is 9.29. The number of primary amides is 1. The van der Waals surface area contributed by atoms with E-state index in [1.165, 1.54) is 10.8 Å². The van der Waals surface area contributed by atoms with Gasteiger partial charge >= 0.3 is 0 Å². The minimum atomic E-state index is -0.531. The Morgan fingerprint density at radius 2 is 1.97 bits per heavy atom. The summed E-state index contributed by atoms with van der Waals surface area (Å²) in [6.45, 7) is 0.443. The molecular formula is C21H17Cl2N7O2. The third-order valence-corrected chi connectivity index (χ3v) is 5.38. The van der Waals surface area contributed by atoms with Gasteiger partial charge in [-0.25, -0.2) is 9.97 Å². The number of rotatable bonds is 7. The molecule has 3 aromatic heterocycles. The smallest absolute Gasteiger partial charge is 0.278 e. The first-order valence-corrected chi connectivity index (χ1v) is 10.3. The maximum atomic E-state index is 13.2. The molecule has 1 amide bonds. The molecule has 0 bridgehead atoms. The molecule has 4 rings (SSSR count). The number of aromatic nitrogens is 5. The maximum absolute atomic E-state index is 13.2. The van der Waals surface area contributed by atoms with E-state index in [9.17, 15) is 9.59 Å². The van der Waals surface area contributed by atoms with Gasteiger partial charge in [-0.3, -0.25) is 19.1 Å². The van der Waals surface area contributed by atoms with Crippen molar-refractivity contribution in [3.05, 3.63) is 74.9 Å². The molecule has 0 saturated carbocycles. The number of benzene rings is 1. The maximum Gasteiger partial charge on any atom is 0.278 e. The van der Waals surface area contributed by atoms with Crippen LogP contribution in [0.4, 0.5) is 5.95 Å². The zero-order valence-electron chi connectivity index (χ0n) is 16.6. The molecule has 4 aromatic rings. The first-order chi connectivity index (χ1) is 15.4. The summed E-state index contributed by atoms with van der Waals surface area (Å²) in [6.07, 6.45) is 4.63. The Labute approximate surface area is 192 Å². The molecule has 1 aromatic carbocycles. The van der Waals surface area contributed by atoms with Crippen molar-refractivity contribution in [1.29, 1.82) is 0 Å². The Hall–Kier alpha value is -3.56. The van der Waals surface area contributed by atoms with Crippen molar-refractivity contribution in [2.24, 2.45) is 5.73 Å². The van der Waals surface area contributed by atoms with E-state index in [0.29, 0.717) is 27.7 Å². The number of aryl methyl sites for hydroxylation is 1. The van der Waals surface area contributed by atoms with Gasteiger partial charge in [0.15, 0.2) is 5.65 Å². The number of carbonyl (C=O) groups excluding carboxylic acids is 1. The van der Waals surface area contributed by atoms with Gasteiger partial charge in [0.2, 0.25) is 11.9 Å². The Bertz CT molecular complexity index is 1360. The highest BCUT2D eigenvalue weighted by Crippen LogP contribution is 2.23. The standard InChI is InChI=1S/C21H17Cl2N7O2/c22-14-4-3-12(8-15(14)23)9-26-21-27-11-16-19(29-21)30(7-5-17(24)31)20(32)18(28-16)13-2-1-6-25-10-13/h1-4,6,8,10-11H,5,7,9H2,(H2,24,31)(H,26,27,29). The molecule has 32 heavy (non-hydrogen) atoms. The number of carbonyl (C=O) groups is 1. The summed E-state index contributed by atoms with van der Waals surface area (Å²) in [5, 5.41) is 4.00. The van der Waals surface area contributed by atoms with Gasteiger partial charge in [0, 0.05) is 37.5 Å². The normalized spacial score (nSPS) is 10.9. The van der Waals surface area contributed by atoms with Crippen LogP contribution in [0.5, 0.6) is 0 Å². The quantitative estimate of drug-likeness (QED) is 0.425. The number of pyridine rings is 1. The van der Waals surface area contributed by atoms with E-state index in [0.717, 1.165) is 5.56 Å². The number of nitrogens with one attached hydrogen (secondary N) is 1. The number of nitrogens with two attached hydrogens (primary N) is 1. The van der Waals surface area contributed by atoms with Crippen molar-refractivity contribution in [3.8, 4) is 11.3 Å². The van der Waals surface area contributed by atoms with Crippen LogP contribution in [0, 0.1) is 0 Å². The number of anilines is 1. The van der Waals surface area contributed by atoms with Crippen LogP contribution in [0.2, 0.25) is 10.0 Å². The van der Waals surface area contributed by atoms with Gasteiger partial charge < -0.3 is 11.1 Å². The van der Waals surface area contributed by atoms with Crippen molar-refractivity contribution in [2.45, 2.75) is 19.5 Å². The molecule has 0 unspecified atom stereocenters. The van der Waals surface area contributed by atoms with Crippen LogP contribution in [0.1, 0.15) is 12.0 Å². The van der Waals surface area contributed by atoms with Gasteiger partial charge in [-0.05, 0) is 29.8 Å². The van der Waals surface area contributed by atoms with Gasteiger partial charge in [0.05, 0.1) is 16.2 Å². The molecule has 0 aliphatic carbocycles. The number of hydrogen-bond acceptors (Lipinski definition) is 7. The average molecular weight is 470 g/mol. The van der Waals surface area contributed by atoms with Crippen molar-refractivity contribution in [3.63, 3.8) is 0 Å². The second-order valence-electron chi connectivity index (χ2n) is 6.88. The predicted octanol–water partition coefficient (Wildman–Crippen LogP) is 3.04. The summed E-state index contributed by atoms with van der Waals surface area (Å²) >= 11 is 12.0. The van der Waals surface area contributed by atoms with E-state index < -0.39 is 11.5 Å². The van der Waals surface area contributed by atoms with Gasteiger partial charge in [0.25, 0.3) is 5.56 Å². The molecule has 0 spiro atoms. The highest BCUT2D eigenvalue weighted by atomic mass is 35.5. The van der Waals surface area contributed by atoms with Crippen molar-refractivity contribution >= 4 is 46.2 Å². The number of fused-ring (bicyclic) bond motifs is 1. The van der Waals surface area contributed by atoms with E-state index in [4.69, 9.17) is 28.9 Å². The monoisotopic (exact) mass is 469 g/mol. The fraction of sp³-hybridized carbons (Fsp3) is 0.143. The van der Waals surface area contributed by atoms with Crippen molar-refractivity contribution < 1.29 is 4.79 Å². The average Bonchev–Trinajstić information content (AvgIpc) is 2.79. The SMILES string of the molecule is NC(=O)CCn1c(=O)c(-c2cccnc2)nc2cnc(NCc3ccc(Cl)c(Cl)c3)nc21. The van der Waals surface area contributed by atoms with Crippen LogP contribution >= 0.6 is 23.2 Å². The highest BCUT2D eigenvalue weighted by Gasteiger charge is 2.16. The van der Waals surface area contributed by atoms with E-state index in [2.05, 4.69) is 25.3 Å². The summed E-state index contributed by atoms with van der Waals surface area (Å²) in [5.41, 5.74) is 7.20. The third-order valence-electron chi connectivity index (χ3n) is 4.64. The van der Waals surface area contributed by atoms with E-state index in [-0.39, 0.29) is 30.3 Å². The summed E-state index contributed by atoms with van der Waals surface area (Å²) < 4.78 is 1.38. The Morgan fingerprint density at radius 3 is 2.69 bits per heavy atom. The van der Waals surface area contributed by atoms with Gasteiger partial charge in [-0.15, -0.1) is 0 Å². The largest absolute Gasteiger partial charge is 0.370 e. The number of hydrogen-bond donors (Lipinski definition) is 2. The molecule has 162 valence electrons. The summed E-state index contributed by atoms with van der Waals surface area (Å²) in [6, 6.07) is 8.71. The van der Waals surface area contributed by atoms with Gasteiger partial charge in [-0.2, -0.15) is 4.98 Å². The molecule has 11 heteroatoms. The van der Waals surface area contributed by atoms with Crippen LogP contribution in [-0.4, -0.2) is 30.4 Å². The lowest BCUT2D eigenvalue weighted by Gasteiger charge is -2.12. The molecule has 0 saturated heterocycles. The molecule has 0 aliphatic heterocycles. The van der Waals surface area contributed by atoms with Gasteiger partial charge in [-0.1, -0.05) is 29.3 Å².